The highest BCUT2D eigenvalue weighted by Crippen LogP contribution is 2.18. The predicted molar refractivity (Wildman–Crippen MR) is 66.4 cm³/mol. The van der Waals surface area contributed by atoms with Gasteiger partial charge < -0.3 is 5.32 Å². The Labute approximate surface area is 108 Å². The lowest BCUT2D eigenvalue weighted by atomic mass is 10.0. The van der Waals surface area contributed by atoms with Crippen molar-refractivity contribution in [3.63, 3.8) is 0 Å². The normalized spacial score (nSPS) is 18.1. The van der Waals surface area contributed by atoms with Crippen LogP contribution in [0, 0.1) is 6.92 Å². The zero-order chi connectivity index (χ0) is 14.0. The standard InChI is InChI=1S/C12H14FN3O3/c1-7-5-16(12(19)15-11(7)18)6-9(13)8-2-3-14-10(17)4-8/h5H,2-4,6H2,1H3,(H,14,17)(H,15,18,19)/b9-8-. The maximum atomic E-state index is 14.0. The minimum Gasteiger partial charge on any atom is -0.356 e. The number of nitrogens with zero attached hydrogens (tertiary/aromatic N) is 1. The molecule has 2 heterocycles. The van der Waals surface area contributed by atoms with Crippen molar-refractivity contribution in [2.45, 2.75) is 26.3 Å². The van der Waals surface area contributed by atoms with E-state index in [4.69, 9.17) is 0 Å². The third kappa shape index (κ3) is 2.98. The fraction of sp³-hybridized carbons (Fsp3) is 0.417. The lowest BCUT2D eigenvalue weighted by molar-refractivity contribution is -0.121. The summed E-state index contributed by atoms with van der Waals surface area (Å²) in [6, 6.07) is 0. The number of nitrogens with one attached hydrogen (secondary N) is 2. The topological polar surface area (TPSA) is 84.0 Å². The number of hydrogen-bond donors (Lipinski definition) is 2. The Kier molecular flexibility index (Phi) is 3.64. The van der Waals surface area contributed by atoms with E-state index in [1.165, 1.54) is 13.1 Å². The van der Waals surface area contributed by atoms with Crippen molar-refractivity contribution in [1.82, 2.24) is 14.9 Å². The Morgan fingerprint density at radius 2 is 2.16 bits per heavy atom. The molecule has 0 unspecified atom stereocenters. The van der Waals surface area contributed by atoms with Crippen molar-refractivity contribution >= 4 is 5.91 Å². The highest BCUT2D eigenvalue weighted by Gasteiger charge is 2.17. The average Bonchev–Trinajstić information content (AvgIpc) is 2.36. The van der Waals surface area contributed by atoms with Gasteiger partial charge in [-0.2, -0.15) is 0 Å². The summed E-state index contributed by atoms with van der Waals surface area (Å²) in [4.78, 5) is 36.0. The molecule has 0 bridgehead atoms. The smallest absolute Gasteiger partial charge is 0.328 e. The lowest BCUT2D eigenvalue weighted by Crippen LogP contribution is -2.32. The summed E-state index contributed by atoms with van der Waals surface area (Å²) in [6.45, 7) is 1.67. The molecule has 2 N–H and O–H groups in total. The summed E-state index contributed by atoms with van der Waals surface area (Å²) >= 11 is 0. The Morgan fingerprint density at radius 1 is 1.42 bits per heavy atom. The zero-order valence-electron chi connectivity index (χ0n) is 10.5. The molecule has 0 spiro atoms. The number of aromatic amines is 1. The van der Waals surface area contributed by atoms with Gasteiger partial charge in [0.05, 0.1) is 13.0 Å². The van der Waals surface area contributed by atoms with E-state index in [0.717, 1.165) is 4.57 Å². The molecule has 6 nitrogen and oxygen atoms in total. The van der Waals surface area contributed by atoms with E-state index < -0.39 is 17.1 Å². The number of H-pyrrole nitrogens is 1. The summed E-state index contributed by atoms with van der Waals surface area (Å²) in [5.41, 5.74) is -0.406. The van der Waals surface area contributed by atoms with Gasteiger partial charge in [0.1, 0.15) is 5.83 Å². The van der Waals surface area contributed by atoms with Gasteiger partial charge >= 0.3 is 5.69 Å². The van der Waals surface area contributed by atoms with Crippen LogP contribution in [0.1, 0.15) is 18.4 Å². The molecule has 0 saturated carbocycles. The minimum absolute atomic E-state index is 0.0168. The van der Waals surface area contributed by atoms with Crippen LogP contribution in [-0.2, 0) is 11.3 Å². The second-order valence-electron chi connectivity index (χ2n) is 4.48. The number of hydrogen-bond acceptors (Lipinski definition) is 3. The molecule has 1 aliphatic rings. The van der Waals surface area contributed by atoms with Crippen LogP contribution in [0.2, 0.25) is 0 Å². The number of carbonyl (C=O) groups excluding carboxylic acids is 1. The largest absolute Gasteiger partial charge is 0.356 e. The summed E-state index contributed by atoms with van der Waals surface area (Å²) in [5, 5.41) is 2.60. The Balaban J connectivity index is 2.28. The fourth-order valence-electron chi connectivity index (χ4n) is 1.93. The van der Waals surface area contributed by atoms with Crippen molar-refractivity contribution < 1.29 is 9.18 Å². The average molecular weight is 267 g/mol. The van der Waals surface area contributed by atoms with Gasteiger partial charge in [-0.25, -0.2) is 9.18 Å². The second kappa shape index (κ2) is 5.21. The SMILES string of the molecule is Cc1cn(C/C(F)=C2\CCNC(=O)C2)c(=O)[nH]c1=O. The monoisotopic (exact) mass is 267 g/mol. The molecule has 1 amide bonds. The number of aromatic nitrogens is 2. The molecule has 102 valence electrons. The summed E-state index contributed by atoms with van der Waals surface area (Å²) in [6.07, 6.45) is 1.77. The van der Waals surface area contributed by atoms with Crippen LogP contribution in [0.3, 0.4) is 0 Å². The number of carbonyl (C=O) groups is 1. The van der Waals surface area contributed by atoms with Gasteiger partial charge in [-0.05, 0) is 18.9 Å². The first-order chi connectivity index (χ1) is 8.97. The van der Waals surface area contributed by atoms with Crippen molar-refractivity contribution in [1.29, 1.82) is 0 Å². The Bertz CT molecular complexity index is 657. The number of allylic oxidation sites excluding steroid dienone is 1. The molecule has 1 aromatic heterocycles. The zero-order valence-corrected chi connectivity index (χ0v) is 10.5. The van der Waals surface area contributed by atoms with Crippen LogP contribution in [0.4, 0.5) is 4.39 Å². The van der Waals surface area contributed by atoms with Crippen LogP contribution < -0.4 is 16.6 Å². The highest BCUT2D eigenvalue weighted by atomic mass is 19.1. The van der Waals surface area contributed by atoms with E-state index in [-0.39, 0.29) is 18.9 Å². The molecule has 1 fully saturated rings. The highest BCUT2D eigenvalue weighted by molar-refractivity contribution is 5.79. The van der Waals surface area contributed by atoms with Gasteiger partial charge in [-0.1, -0.05) is 0 Å². The number of rotatable bonds is 2. The molecule has 7 heteroatoms. The van der Waals surface area contributed by atoms with Crippen LogP contribution in [-0.4, -0.2) is 22.0 Å². The van der Waals surface area contributed by atoms with Gasteiger partial charge in [-0.15, -0.1) is 0 Å². The predicted octanol–water partition coefficient (Wildman–Crippen LogP) is -0.0214. The van der Waals surface area contributed by atoms with Crippen LogP contribution in [0.25, 0.3) is 0 Å². The first-order valence-corrected chi connectivity index (χ1v) is 5.91. The molecule has 19 heavy (non-hydrogen) atoms. The maximum absolute atomic E-state index is 14.0. The molecule has 0 aromatic carbocycles. The molecule has 2 rings (SSSR count). The van der Waals surface area contributed by atoms with Gasteiger partial charge in [0, 0.05) is 18.3 Å². The van der Waals surface area contributed by atoms with Crippen molar-refractivity contribution in [3.05, 3.63) is 44.0 Å². The van der Waals surface area contributed by atoms with E-state index in [2.05, 4.69) is 10.3 Å². The van der Waals surface area contributed by atoms with E-state index in [9.17, 15) is 18.8 Å². The van der Waals surface area contributed by atoms with Crippen LogP contribution >= 0.6 is 0 Å². The van der Waals surface area contributed by atoms with Crippen LogP contribution in [0.15, 0.2) is 27.2 Å². The minimum atomic E-state index is -0.661. The van der Waals surface area contributed by atoms with Gasteiger partial charge in [0.25, 0.3) is 5.56 Å². The summed E-state index contributed by atoms with van der Waals surface area (Å²) in [5.74, 6) is -0.718. The molecule has 1 aromatic rings. The molecule has 0 radical (unpaired) electrons. The molecule has 1 saturated heterocycles. The Hall–Kier alpha value is -2.18. The number of halogens is 1. The summed E-state index contributed by atoms with van der Waals surface area (Å²) < 4.78 is 15.1. The van der Waals surface area contributed by atoms with Gasteiger partial charge in [0.2, 0.25) is 5.91 Å². The molecule has 1 aliphatic heterocycles. The number of amides is 1. The van der Waals surface area contributed by atoms with Gasteiger partial charge in [-0.3, -0.25) is 19.1 Å². The van der Waals surface area contributed by atoms with E-state index in [0.29, 0.717) is 24.1 Å². The molecule has 0 aliphatic carbocycles. The Morgan fingerprint density at radius 3 is 2.84 bits per heavy atom. The quantitative estimate of drug-likeness (QED) is 0.789. The third-order valence-corrected chi connectivity index (χ3v) is 3.00. The molecular formula is C12H14FN3O3. The lowest BCUT2D eigenvalue weighted by Gasteiger charge is -2.16. The second-order valence-corrected chi connectivity index (χ2v) is 4.48. The van der Waals surface area contributed by atoms with Gasteiger partial charge in [0.15, 0.2) is 0 Å². The van der Waals surface area contributed by atoms with Crippen LogP contribution in [0.5, 0.6) is 0 Å². The first kappa shape index (κ1) is 13.3. The summed E-state index contributed by atoms with van der Waals surface area (Å²) in [7, 11) is 0. The first-order valence-electron chi connectivity index (χ1n) is 5.91. The van der Waals surface area contributed by atoms with E-state index >= 15 is 0 Å². The fourth-order valence-corrected chi connectivity index (χ4v) is 1.93. The number of piperidine rings is 1. The third-order valence-electron chi connectivity index (χ3n) is 3.00. The molecular weight excluding hydrogens is 253 g/mol. The van der Waals surface area contributed by atoms with Crippen molar-refractivity contribution in [2.75, 3.05) is 6.54 Å². The van der Waals surface area contributed by atoms with E-state index in [1.807, 2.05) is 0 Å². The molecule has 0 atom stereocenters. The van der Waals surface area contributed by atoms with Crippen molar-refractivity contribution in [3.8, 4) is 0 Å². The van der Waals surface area contributed by atoms with Crippen molar-refractivity contribution in [2.24, 2.45) is 0 Å². The number of aryl methyl sites for hydroxylation is 1. The van der Waals surface area contributed by atoms with E-state index in [1.54, 1.807) is 0 Å². The maximum Gasteiger partial charge on any atom is 0.328 e.